The lowest BCUT2D eigenvalue weighted by molar-refractivity contribution is 0.414. The van der Waals surface area contributed by atoms with E-state index in [1.807, 2.05) is 11.3 Å². The fourth-order valence-corrected chi connectivity index (χ4v) is 4.92. The third kappa shape index (κ3) is 2.26. The summed E-state index contributed by atoms with van der Waals surface area (Å²) in [5.74, 6) is 1.12. The number of hydrogen-bond acceptors (Lipinski definition) is 4. The number of aryl methyl sites for hydroxylation is 2. The molecule has 21 heavy (non-hydrogen) atoms. The molecule has 1 N–H and O–H groups in total. The van der Waals surface area contributed by atoms with Crippen molar-refractivity contribution < 1.29 is 0 Å². The first-order valence-corrected chi connectivity index (χ1v) is 8.75. The lowest BCUT2D eigenvalue weighted by atomic mass is 9.95. The molecule has 0 unspecified atom stereocenters. The first-order valence-electron chi connectivity index (χ1n) is 7.93. The molecule has 3 nitrogen and oxygen atoms in total. The molecule has 0 atom stereocenters. The molecule has 1 aliphatic carbocycles. The van der Waals surface area contributed by atoms with Crippen LogP contribution in [0.25, 0.3) is 10.2 Å². The molecule has 0 bridgehead atoms. The smallest absolute Gasteiger partial charge is 0.139 e. The summed E-state index contributed by atoms with van der Waals surface area (Å²) < 4.78 is 0. The van der Waals surface area contributed by atoms with Gasteiger partial charge in [0.1, 0.15) is 10.7 Å². The van der Waals surface area contributed by atoms with Crippen LogP contribution in [0.4, 0.5) is 0 Å². The fourth-order valence-electron chi connectivity index (χ4n) is 3.64. The van der Waals surface area contributed by atoms with Gasteiger partial charge in [-0.05, 0) is 38.3 Å². The van der Waals surface area contributed by atoms with E-state index in [9.17, 15) is 0 Å². The molecule has 4 heteroatoms. The molecule has 1 saturated carbocycles. The highest BCUT2D eigenvalue weighted by Crippen LogP contribution is 2.36. The maximum atomic E-state index is 4.76. The SMILES string of the molecule is Cc1cc(C)c2c3c(sc2n1)C(NC1CCCCC1)=NC3. The lowest BCUT2D eigenvalue weighted by Gasteiger charge is -2.23. The van der Waals surface area contributed by atoms with Crippen LogP contribution in [0.5, 0.6) is 0 Å². The minimum atomic E-state index is 0.615. The Morgan fingerprint density at radius 1 is 1.19 bits per heavy atom. The highest BCUT2D eigenvalue weighted by Gasteiger charge is 2.25. The molecule has 0 amide bonds. The zero-order valence-electron chi connectivity index (χ0n) is 12.7. The summed E-state index contributed by atoms with van der Waals surface area (Å²) in [6.45, 7) is 5.08. The number of aliphatic imine (C=N–C) groups is 1. The Balaban J connectivity index is 1.69. The van der Waals surface area contributed by atoms with Crippen LogP contribution in [0.2, 0.25) is 0 Å². The molecule has 0 saturated heterocycles. The van der Waals surface area contributed by atoms with Crippen molar-refractivity contribution in [1.82, 2.24) is 10.3 Å². The Kier molecular flexibility index (Phi) is 3.21. The molecule has 0 radical (unpaired) electrons. The van der Waals surface area contributed by atoms with E-state index in [-0.39, 0.29) is 0 Å². The van der Waals surface area contributed by atoms with Crippen molar-refractivity contribution in [3.8, 4) is 0 Å². The van der Waals surface area contributed by atoms with Crippen LogP contribution in [0.3, 0.4) is 0 Å². The first kappa shape index (κ1) is 13.3. The second-order valence-electron chi connectivity index (χ2n) is 6.31. The van der Waals surface area contributed by atoms with Gasteiger partial charge in [-0.25, -0.2) is 4.98 Å². The van der Waals surface area contributed by atoms with Crippen molar-refractivity contribution in [3.05, 3.63) is 27.8 Å². The summed E-state index contributed by atoms with van der Waals surface area (Å²) >= 11 is 1.81. The number of pyridine rings is 1. The summed E-state index contributed by atoms with van der Waals surface area (Å²) in [5.41, 5.74) is 3.83. The van der Waals surface area contributed by atoms with Crippen LogP contribution in [0.1, 0.15) is 53.8 Å². The molecular weight excluding hydrogens is 278 g/mol. The van der Waals surface area contributed by atoms with E-state index in [4.69, 9.17) is 9.98 Å². The van der Waals surface area contributed by atoms with Gasteiger partial charge in [0.25, 0.3) is 0 Å². The molecular formula is C17H21N3S. The Labute approximate surface area is 129 Å². The summed E-state index contributed by atoms with van der Waals surface area (Å²) in [5, 5.41) is 5.04. The molecule has 2 aliphatic rings. The second-order valence-corrected chi connectivity index (χ2v) is 7.31. The number of thiophene rings is 1. The maximum Gasteiger partial charge on any atom is 0.139 e. The molecule has 2 aromatic rings. The first-order chi connectivity index (χ1) is 10.2. The quantitative estimate of drug-likeness (QED) is 0.861. The number of aromatic nitrogens is 1. The molecule has 1 fully saturated rings. The van der Waals surface area contributed by atoms with E-state index in [2.05, 4.69) is 25.2 Å². The number of fused-ring (bicyclic) bond motifs is 3. The summed E-state index contributed by atoms with van der Waals surface area (Å²) in [6, 6.07) is 2.80. The molecule has 0 spiro atoms. The van der Waals surface area contributed by atoms with E-state index < -0.39 is 0 Å². The zero-order chi connectivity index (χ0) is 14.4. The average Bonchev–Trinajstić information content (AvgIpc) is 2.99. The second kappa shape index (κ2) is 5.09. The Morgan fingerprint density at radius 2 is 2.00 bits per heavy atom. The molecule has 2 aromatic heterocycles. The molecule has 1 aliphatic heterocycles. The van der Waals surface area contributed by atoms with E-state index >= 15 is 0 Å². The van der Waals surface area contributed by atoms with Crippen molar-refractivity contribution >= 4 is 27.4 Å². The van der Waals surface area contributed by atoms with Gasteiger partial charge in [0.2, 0.25) is 0 Å². The van der Waals surface area contributed by atoms with Crippen molar-refractivity contribution in [1.29, 1.82) is 0 Å². The van der Waals surface area contributed by atoms with Crippen LogP contribution < -0.4 is 5.32 Å². The minimum absolute atomic E-state index is 0.615. The maximum absolute atomic E-state index is 4.76. The fraction of sp³-hybridized carbons (Fsp3) is 0.529. The van der Waals surface area contributed by atoms with Crippen molar-refractivity contribution in [2.45, 2.75) is 58.5 Å². The Bertz CT molecular complexity index is 723. The van der Waals surface area contributed by atoms with Gasteiger partial charge in [-0.1, -0.05) is 19.3 Å². The number of amidine groups is 1. The summed E-state index contributed by atoms with van der Waals surface area (Å²) in [4.78, 5) is 12.0. The van der Waals surface area contributed by atoms with Gasteiger partial charge in [0.05, 0.1) is 11.4 Å². The highest BCUT2D eigenvalue weighted by molar-refractivity contribution is 7.20. The largest absolute Gasteiger partial charge is 0.366 e. The number of nitrogens with one attached hydrogen (secondary N) is 1. The van der Waals surface area contributed by atoms with Gasteiger partial charge in [-0.2, -0.15) is 0 Å². The summed E-state index contributed by atoms with van der Waals surface area (Å²) in [6.07, 6.45) is 6.67. The molecule has 4 rings (SSSR count). The van der Waals surface area contributed by atoms with Crippen molar-refractivity contribution in [3.63, 3.8) is 0 Å². The van der Waals surface area contributed by atoms with Crippen molar-refractivity contribution in [2.75, 3.05) is 0 Å². The molecule has 0 aromatic carbocycles. The van der Waals surface area contributed by atoms with Gasteiger partial charge < -0.3 is 5.32 Å². The number of nitrogens with zero attached hydrogens (tertiary/aromatic N) is 2. The van der Waals surface area contributed by atoms with E-state index in [1.54, 1.807) is 0 Å². The van der Waals surface area contributed by atoms with E-state index in [0.717, 1.165) is 18.1 Å². The summed E-state index contributed by atoms with van der Waals surface area (Å²) in [7, 11) is 0. The van der Waals surface area contributed by atoms with Gasteiger partial charge in [0.15, 0.2) is 0 Å². The lowest BCUT2D eigenvalue weighted by Crippen LogP contribution is -2.35. The molecule has 110 valence electrons. The predicted octanol–water partition coefficient (Wildman–Crippen LogP) is 4.10. The standard InChI is InChI=1S/C17H21N3S/c1-10-8-11(2)19-17-14(10)13-9-18-16(15(13)21-17)20-12-6-4-3-5-7-12/h8,12H,3-7,9H2,1-2H3,(H,18,20). The van der Waals surface area contributed by atoms with E-state index in [1.165, 1.54) is 58.3 Å². The highest BCUT2D eigenvalue weighted by atomic mass is 32.1. The monoisotopic (exact) mass is 299 g/mol. The molecule has 3 heterocycles. The minimum Gasteiger partial charge on any atom is -0.366 e. The van der Waals surface area contributed by atoms with Crippen molar-refractivity contribution in [2.24, 2.45) is 4.99 Å². The van der Waals surface area contributed by atoms with E-state index in [0.29, 0.717) is 6.04 Å². The number of hydrogen-bond donors (Lipinski definition) is 1. The Morgan fingerprint density at radius 3 is 2.81 bits per heavy atom. The average molecular weight is 299 g/mol. The van der Waals surface area contributed by atoms with Gasteiger partial charge in [0, 0.05) is 22.7 Å². The normalized spacial score (nSPS) is 18.9. The zero-order valence-corrected chi connectivity index (χ0v) is 13.5. The van der Waals surface area contributed by atoms with Gasteiger partial charge in [-0.3, -0.25) is 4.99 Å². The third-order valence-electron chi connectivity index (χ3n) is 4.64. The number of rotatable bonds is 1. The Hall–Kier alpha value is -1.42. The van der Waals surface area contributed by atoms with Crippen LogP contribution in [-0.4, -0.2) is 16.9 Å². The van der Waals surface area contributed by atoms with Crippen LogP contribution in [-0.2, 0) is 6.54 Å². The third-order valence-corrected chi connectivity index (χ3v) is 5.78. The van der Waals surface area contributed by atoms with Crippen LogP contribution in [0, 0.1) is 13.8 Å². The van der Waals surface area contributed by atoms with Gasteiger partial charge in [-0.15, -0.1) is 11.3 Å². The van der Waals surface area contributed by atoms with Crippen LogP contribution in [0.15, 0.2) is 11.1 Å². The predicted molar refractivity (Wildman–Crippen MR) is 89.3 cm³/mol. The van der Waals surface area contributed by atoms with Crippen LogP contribution >= 0.6 is 11.3 Å². The topological polar surface area (TPSA) is 37.3 Å². The van der Waals surface area contributed by atoms with Gasteiger partial charge >= 0.3 is 0 Å².